The molecule has 0 bridgehead atoms. The summed E-state index contributed by atoms with van der Waals surface area (Å²) in [6.45, 7) is 10.0. The van der Waals surface area contributed by atoms with Crippen LogP contribution < -0.4 is 11.1 Å². The third kappa shape index (κ3) is 5.90. The Morgan fingerprint density at radius 1 is 1.43 bits per heavy atom. The molecule has 3 N–H and O–H groups in total. The first kappa shape index (κ1) is 19.0. The van der Waals surface area contributed by atoms with Gasteiger partial charge >= 0.3 is 5.97 Å². The van der Waals surface area contributed by atoms with E-state index in [2.05, 4.69) is 10.4 Å². The van der Waals surface area contributed by atoms with Gasteiger partial charge in [0.05, 0.1) is 25.9 Å². The molecular formula is C15H27N5O3. The Bertz CT molecular complexity index is 527. The Kier molecular flexibility index (Phi) is 7.53. The number of nitrogens with one attached hydrogen (secondary N) is 1. The molecule has 0 aromatic carbocycles. The maximum absolute atomic E-state index is 11.8. The van der Waals surface area contributed by atoms with Crippen LogP contribution >= 0.6 is 0 Å². The zero-order chi connectivity index (χ0) is 17.4. The van der Waals surface area contributed by atoms with E-state index >= 15 is 0 Å². The number of amides is 1. The van der Waals surface area contributed by atoms with Crippen LogP contribution in [0.15, 0.2) is 6.20 Å². The van der Waals surface area contributed by atoms with Crippen molar-refractivity contribution in [1.82, 2.24) is 20.0 Å². The van der Waals surface area contributed by atoms with Gasteiger partial charge in [-0.15, -0.1) is 0 Å². The minimum absolute atomic E-state index is 0.0116. The molecule has 8 heteroatoms. The predicted octanol–water partition coefficient (Wildman–Crippen LogP) is 0.489. The number of anilines is 1. The maximum atomic E-state index is 11.8. The van der Waals surface area contributed by atoms with Crippen LogP contribution in [0.1, 0.15) is 38.1 Å². The topological polar surface area (TPSA) is 102 Å². The Morgan fingerprint density at radius 3 is 2.70 bits per heavy atom. The van der Waals surface area contributed by atoms with Crippen LogP contribution in [0.2, 0.25) is 0 Å². The molecule has 1 aromatic heterocycles. The SMILES string of the molecule is CCOC(=O)c1cnn(CCN(CC)CC(=O)NC(C)C)c1N. The predicted molar refractivity (Wildman–Crippen MR) is 88.0 cm³/mol. The highest BCUT2D eigenvalue weighted by Gasteiger charge is 2.17. The fourth-order valence-corrected chi connectivity index (χ4v) is 2.09. The summed E-state index contributed by atoms with van der Waals surface area (Å²) in [6.07, 6.45) is 1.41. The van der Waals surface area contributed by atoms with E-state index in [1.54, 1.807) is 11.6 Å². The summed E-state index contributed by atoms with van der Waals surface area (Å²) < 4.78 is 6.47. The Morgan fingerprint density at radius 2 is 2.13 bits per heavy atom. The van der Waals surface area contributed by atoms with Crippen LogP contribution in [0.5, 0.6) is 0 Å². The first-order valence-electron chi connectivity index (χ1n) is 7.89. The molecule has 1 amide bonds. The van der Waals surface area contributed by atoms with Gasteiger partial charge in [0.15, 0.2) is 0 Å². The van der Waals surface area contributed by atoms with E-state index in [9.17, 15) is 9.59 Å². The van der Waals surface area contributed by atoms with Crippen molar-refractivity contribution in [2.45, 2.75) is 40.3 Å². The molecule has 0 saturated heterocycles. The lowest BCUT2D eigenvalue weighted by Gasteiger charge is -2.20. The monoisotopic (exact) mass is 325 g/mol. The van der Waals surface area contributed by atoms with Crippen LogP contribution in [-0.4, -0.2) is 58.8 Å². The second-order valence-corrected chi connectivity index (χ2v) is 5.48. The fourth-order valence-electron chi connectivity index (χ4n) is 2.09. The molecule has 0 radical (unpaired) electrons. The number of carbonyl (C=O) groups excluding carboxylic acids is 2. The van der Waals surface area contributed by atoms with Crippen molar-refractivity contribution in [1.29, 1.82) is 0 Å². The number of esters is 1. The summed E-state index contributed by atoms with van der Waals surface area (Å²) >= 11 is 0. The highest BCUT2D eigenvalue weighted by molar-refractivity contribution is 5.93. The lowest BCUT2D eigenvalue weighted by molar-refractivity contribution is -0.122. The average molecular weight is 325 g/mol. The van der Waals surface area contributed by atoms with E-state index in [0.717, 1.165) is 6.54 Å². The Balaban J connectivity index is 2.59. The van der Waals surface area contributed by atoms with Gasteiger partial charge in [0.1, 0.15) is 11.4 Å². The molecule has 0 atom stereocenters. The number of likely N-dealkylation sites (N-methyl/N-ethyl adjacent to an activating group) is 1. The third-order valence-electron chi connectivity index (χ3n) is 3.27. The van der Waals surface area contributed by atoms with Gasteiger partial charge < -0.3 is 15.8 Å². The van der Waals surface area contributed by atoms with E-state index in [0.29, 0.717) is 19.6 Å². The van der Waals surface area contributed by atoms with Gasteiger partial charge in [-0.3, -0.25) is 9.69 Å². The molecule has 0 saturated carbocycles. The third-order valence-corrected chi connectivity index (χ3v) is 3.27. The van der Waals surface area contributed by atoms with Gasteiger partial charge in [-0.2, -0.15) is 5.10 Å². The summed E-state index contributed by atoms with van der Waals surface area (Å²) in [7, 11) is 0. The minimum atomic E-state index is -0.472. The zero-order valence-corrected chi connectivity index (χ0v) is 14.3. The highest BCUT2D eigenvalue weighted by atomic mass is 16.5. The molecule has 0 unspecified atom stereocenters. The molecule has 0 spiro atoms. The molecular weight excluding hydrogens is 298 g/mol. The van der Waals surface area contributed by atoms with Crippen LogP contribution in [-0.2, 0) is 16.1 Å². The van der Waals surface area contributed by atoms with Crippen LogP contribution in [0.3, 0.4) is 0 Å². The van der Waals surface area contributed by atoms with Crippen molar-refractivity contribution in [2.75, 3.05) is 32.0 Å². The number of nitrogens with two attached hydrogens (primary N) is 1. The standard InChI is InChI=1S/C15H27N5O3/c1-5-19(10-13(21)18-11(3)4)7-8-20-14(16)12(9-17-20)15(22)23-6-2/h9,11H,5-8,10,16H2,1-4H3,(H,18,21). The van der Waals surface area contributed by atoms with Gasteiger partial charge in [-0.1, -0.05) is 6.92 Å². The van der Waals surface area contributed by atoms with Crippen molar-refractivity contribution in [3.8, 4) is 0 Å². The number of hydrogen-bond donors (Lipinski definition) is 2. The number of rotatable bonds is 9. The van der Waals surface area contributed by atoms with Crippen LogP contribution in [0.25, 0.3) is 0 Å². The van der Waals surface area contributed by atoms with Crippen molar-refractivity contribution < 1.29 is 14.3 Å². The number of nitrogens with zero attached hydrogens (tertiary/aromatic N) is 3. The first-order valence-corrected chi connectivity index (χ1v) is 7.89. The molecule has 0 aliphatic carbocycles. The molecule has 8 nitrogen and oxygen atoms in total. The number of carbonyl (C=O) groups is 2. The van der Waals surface area contributed by atoms with E-state index in [1.807, 2.05) is 25.7 Å². The van der Waals surface area contributed by atoms with Gasteiger partial charge in [0.25, 0.3) is 0 Å². The van der Waals surface area contributed by atoms with Crippen LogP contribution in [0.4, 0.5) is 5.82 Å². The van der Waals surface area contributed by atoms with Gasteiger partial charge in [0, 0.05) is 12.6 Å². The second-order valence-electron chi connectivity index (χ2n) is 5.48. The van der Waals surface area contributed by atoms with Crippen molar-refractivity contribution in [3.05, 3.63) is 11.8 Å². The van der Waals surface area contributed by atoms with Crippen LogP contribution in [0, 0.1) is 0 Å². The summed E-state index contributed by atoms with van der Waals surface area (Å²) in [5.74, 6) is -0.200. The molecule has 130 valence electrons. The van der Waals surface area contributed by atoms with Crippen molar-refractivity contribution in [2.24, 2.45) is 0 Å². The summed E-state index contributed by atoms with van der Waals surface area (Å²) in [5, 5.41) is 6.98. The molecule has 1 rings (SSSR count). The number of aromatic nitrogens is 2. The lowest BCUT2D eigenvalue weighted by atomic mass is 10.3. The zero-order valence-electron chi connectivity index (χ0n) is 14.3. The number of ether oxygens (including phenoxy) is 1. The molecule has 1 heterocycles. The number of nitrogen functional groups attached to an aromatic ring is 1. The first-order chi connectivity index (χ1) is 10.9. The van der Waals surface area contributed by atoms with E-state index in [4.69, 9.17) is 10.5 Å². The van der Waals surface area contributed by atoms with Crippen molar-refractivity contribution in [3.63, 3.8) is 0 Å². The minimum Gasteiger partial charge on any atom is -0.462 e. The van der Waals surface area contributed by atoms with Gasteiger partial charge in [-0.05, 0) is 27.3 Å². The fraction of sp³-hybridized carbons (Fsp3) is 0.667. The molecule has 0 fully saturated rings. The molecule has 23 heavy (non-hydrogen) atoms. The van der Waals surface area contributed by atoms with E-state index in [-0.39, 0.29) is 29.9 Å². The average Bonchev–Trinajstić information content (AvgIpc) is 2.84. The summed E-state index contributed by atoms with van der Waals surface area (Å²) in [5.41, 5.74) is 6.20. The Hall–Kier alpha value is -2.09. The number of hydrogen-bond acceptors (Lipinski definition) is 6. The molecule has 0 aliphatic rings. The summed E-state index contributed by atoms with van der Waals surface area (Å²) in [6, 6.07) is 0.120. The maximum Gasteiger partial charge on any atom is 0.343 e. The van der Waals surface area contributed by atoms with E-state index < -0.39 is 5.97 Å². The smallest absolute Gasteiger partial charge is 0.343 e. The molecule has 1 aromatic rings. The lowest BCUT2D eigenvalue weighted by Crippen LogP contribution is -2.41. The summed E-state index contributed by atoms with van der Waals surface area (Å²) in [4.78, 5) is 25.5. The normalized spacial score (nSPS) is 11.0. The quantitative estimate of drug-likeness (QED) is 0.641. The largest absolute Gasteiger partial charge is 0.462 e. The van der Waals surface area contributed by atoms with Crippen molar-refractivity contribution >= 4 is 17.7 Å². The molecule has 0 aliphatic heterocycles. The van der Waals surface area contributed by atoms with Gasteiger partial charge in [0.2, 0.25) is 5.91 Å². The Labute approximate surface area is 137 Å². The van der Waals surface area contributed by atoms with Gasteiger partial charge in [-0.25, -0.2) is 9.48 Å². The van der Waals surface area contributed by atoms with E-state index in [1.165, 1.54) is 6.20 Å². The second kappa shape index (κ2) is 9.14. The highest BCUT2D eigenvalue weighted by Crippen LogP contribution is 2.12.